The van der Waals surface area contributed by atoms with Gasteiger partial charge in [-0.2, -0.15) is 0 Å². The molecule has 4 rings (SSSR count). The van der Waals surface area contributed by atoms with Gasteiger partial charge in [-0.05, 0) is 42.6 Å². The van der Waals surface area contributed by atoms with Gasteiger partial charge in [0.25, 0.3) is 0 Å². The number of halogens is 4. The molecule has 2 aromatic heterocycles. The van der Waals surface area contributed by atoms with Crippen molar-refractivity contribution in [3.8, 4) is 0 Å². The van der Waals surface area contributed by atoms with Crippen LogP contribution in [0.15, 0.2) is 65.4 Å². The number of hydrogen-bond donors (Lipinski definition) is 0. The Kier molecular flexibility index (Phi) is 4.02. The monoisotopic (exact) mass is 356 g/mol. The van der Waals surface area contributed by atoms with Gasteiger partial charge in [-0.15, -0.1) is 0 Å². The van der Waals surface area contributed by atoms with E-state index in [0.717, 1.165) is 4.48 Å². The molecule has 0 amide bonds. The average Bonchev–Trinajstić information content (AvgIpc) is 3.35. The van der Waals surface area contributed by atoms with Gasteiger partial charge in [0.05, 0.1) is 22.3 Å². The van der Waals surface area contributed by atoms with Gasteiger partial charge in [0.1, 0.15) is 5.82 Å². The SMILES string of the molecule is FB(F)n1cccc1/C(=C1\C=CC=N1)c1nc2ccccc2n1B(F)F. The van der Waals surface area contributed by atoms with Crippen molar-refractivity contribution in [2.75, 3.05) is 0 Å². The van der Waals surface area contributed by atoms with Crippen molar-refractivity contribution in [3.63, 3.8) is 0 Å². The second kappa shape index (κ2) is 6.36. The number of para-hydroxylation sites is 2. The van der Waals surface area contributed by atoms with Crippen molar-refractivity contribution >= 4 is 37.6 Å². The van der Waals surface area contributed by atoms with Crippen molar-refractivity contribution < 1.29 is 17.3 Å². The van der Waals surface area contributed by atoms with E-state index in [9.17, 15) is 17.3 Å². The van der Waals surface area contributed by atoms with Crippen LogP contribution >= 0.6 is 0 Å². The molecule has 3 heterocycles. The van der Waals surface area contributed by atoms with Crippen LogP contribution in [-0.2, 0) is 0 Å². The van der Waals surface area contributed by atoms with E-state index in [0.29, 0.717) is 15.7 Å². The molecule has 0 fully saturated rings. The molecule has 0 saturated carbocycles. The van der Waals surface area contributed by atoms with E-state index in [1.807, 2.05) is 0 Å². The highest BCUT2D eigenvalue weighted by atomic mass is 19.2. The minimum absolute atomic E-state index is 0.0657. The first-order valence-corrected chi connectivity index (χ1v) is 7.74. The summed E-state index contributed by atoms with van der Waals surface area (Å²) in [5, 5.41) is 0. The Morgan fingerprint density at radius 3 is 2.46 bits per heavy atom. The Morgan fingerprint density at radius 1 is 0.962 bits per heavy atom. The number of benzene rings is 1. The summed E-state index contributed by atoms with van der Waals surface area (Å²) in [5.74, 6) is -0.111. The molecule has 128 valence electrons. The second-order valence-electron chi connectivity index (χ2n) is 5.55. The molecule has 3 aromatic rings. The molecule has 1 aliphatic rings. The molecular weight excluding hydrogens is 346 g/mol. The molecule has 26 heavy (non-hydrogen) atoms. The van der Waals surface area contributed by atoms with Gasteiger partial charge in [-0.3, -0.25) is 22.3 Å². The molecule has 0 bridgehead atoms. The van der Waals surface area contributed by atoms with E-state index in [1.54, 1.807) is 30.4 Å². The number of nitrogens with zero attached hydrogens (tertiary/aromatic N) is 4. The van der Waals surface area contributed by atoms with Gasteiger partial charge in [-0.25, -0.2) is 4.98 Å². The molecule has 1 aliphatic heterocycles. The fourth-order valence-corrected chi connectivity index (χ4v) is 3.00. The average molecular weight is 356 g/mol. The van der Waals surface area contributed by atoms with Crippen molar-refractivity contribution in [1.29, 1.82) is 0 Å². The smallest absolute Gasteiger partial charge is 0.332 e. The third-order valence-corrected chi connectivity index (χ3v) is 4.07. The summed E-state index contributed by atoms with van der Waals surface area (Å²) >= 11 is 0. The Hall–Kier alpha value is -3.03. The van der Waals surface area contributed by atoms with Crippen LogP contribution in [0.25, 0.3) is 16.6 Å². The summed E-state index contributed by atoms with van der Waals surface area (Å²) in [4.78, 5) is 8.42. The number of imidazole rings is 1. The first-order valence-electron chi connectivity index (χ1n) is 7.74. The van der Waals surface area contributed by atoms with Crippen molar-refractivity contribution in [3.05, 3.63) is 72.0 Å². The van der Waals surface area contributed by atoms with E-state index >= 15 is 0 Å². The second-order valence-corrected chi connectivity index (χ2v) is 5.55. The normalized spacial score (nSPS) is 15.1. The van der Waals surface area contributed by atoms with Crippen LogP contribution in [0.2, 0.25) is 0 Å². The molecule has 1 aromatic carbocycles. The van der Waals surface area contributed by atoms with Gasteiger partial charge in [-0.1, -0.05) is 12.1 Å². The molecular formula is C16H10B2F4N4. The Bertz CT molecular complexity index is 1050. The maximum atomic E-state index is 13.8. The highest BCUT2D eigenvalue weighted by Crippen LogP contribution is 2.32. The topological polar surface area (TPSA) is 35.1 Å². The van der Waals surface area contributed by atoms with Gasteiger partial charge in [0.15, 0.2) is 0 Å². The summed E-state index contributed by atoms with van der Waals surface area (Å²) in [5.41, 5.74) is 1.05. The molecule has 0 spiro atoms. The first kappa shape index (κ1) is 16.4. The molecule has 10 heteroatoms. The predicted octanol–water partition coefficient (Wildman–Crippen LogP) is 3.78. The Balaban J connectivity index is 2.06. The number of aromatic nitrogens is 3. The van der Waals surface area contributed by atoms with Crippen LogP contribution in [0, 0.1) is 0 Å². The standard InChI is InChI=1S/C16H10B2F4N4/c19-17(20)25-10-4-8-14(25)15(12-6-3-9-23-12)16-24-11-5-1-2-7-13(11)26(16)18(21)22/h1-10H/b15-12-. The molecule has 0 radical (unpaired) electrons. The molecule has 0 atom stereocenters. The Morgan fingerprint density at radius 2 is 1.77 bits per heavy atom. The fraction of sp³-hybridized carbons (Fsp3) is 0. The van der Waals surface area contributed by atoms with E-state index in [1.165, 1.54) is 30.6 Å². The first-order chi connectivity index (χ1) is 12.6. The zero-order valence-electron chi connectivity index (χ0n) is 13.2. The summed E-state index contributed by atoms with van der Waals surface area (Å²) in [7, 11) is -5.72. The van der Waals surface area contributed by atoms with Crippen molar-refractivity contribution in [2.45, 2.75) is 0 Å². The number of fused-ring (bicyclic) bond motifs is 1. The largest absolute Gasteiger partial charge is 0.679 e. The number of rotatable bonds is 4. The molecule has 4 nitrogen and oxygen atoms in total. The highest BCUT2D eigenvalue weighted by Gasteiger charge is 2.31. The maximum absolute atomic E-state index is 13.8. The van der Waals surface area contributed by atoms with Gasteiger partial charge < -0.3 is 8.96 Å². The fourth-order valence-electron chi connectivity index (χ4n) is 3.00. The highest BCUT2D eigenvalue weighted by molar-refractivity contribution is 6.43. The minimum atomic E-state index is -2.89. The van der Waals surface area contributed by atoms with E-state index in [4.69, 9.17) is 0 Å². The van der Waals surface area contributed by atoms with E-state index in [2.05, 4.69) is 9.98 Å². The molecule has 0 saturated heterocycles. The maximum Gasteiger partial charge on any atom is 0.679 e. The summed E-state index contributed by atoms with van der Waals surface area (Å²) < 4.78 is 55.9. The zero-order valence-corrected chi connectivity index (χ0v) is 13.2. The van der Waals surface area contributed by atoms with Crippen molar-refractivity contribution in [2.24, 2.45) is 4.99 Å². The third kappa shape index (κ3) is 2.58. The lowest BCUT2D eigenvalue weighted by atomic mass is 10.0. The molecule has 0 aliphatic carbocycles. The van der Waals surface area contributed by atoms with E-state index in [-0.39, 0.29) is 22.6 Å². The summed E-state index contributed by atoms with van der Waals surface area (Å²) in [6, 6.07) is 9.28. The quantitative estimate of drug-likeness (QED) is 0.518. The lowest BCUT2D eigenvalue weighted by Crippen LogP contribution is -2.20. The van der Waals surface area contributed by atoms with Crippen LogP contribution < -0.4 is 0 Å². The van der Waals surface area contributed by atoms with Crippen LogP contribution in [0.3, 0.4) is 0 Å². The zero-order chi connectivity index (χ0) is 18.3. The van der Waals surface area contributed by atoms with Crippen LogP contribution in [0.5, 0.6) is 0 Å². The van der Waals surface area contributed by atoms with Gasteiger partial charge >= 0.3 is 14.8 Å². The summed E-state index contributed by atoms with van der Waals surface area (Å²) in [6.45, 7) is 0. The van der Waals surface area contributed by atoms with Gasteiger partial charge in [0.2, 0.25) is 0 Å². The van der Waals surface area contributed by atoms with Crippen LogP contribution in [0.1, 0.15) is 11.5 Å². The summed E-state index contributed by atoms with van der Waals surface area (Å²) in [6.07, 6.45) is 5.85. The molecule has 0 N–H and O–H groups in total. The van der Waals surface area contributed by atoms with Crippen LogP contribution in [-0.4, -0.2) is 35.0 Å². The minimum Gasteiger partial charge on any atom is -0.332 e. The third-order valence-electron chi connectivity index (χ3n) is 4.07. The number of hydrogen-bond acceptors (Lipinski definition) is 2. The predicted molar refractivity (Wildman–Crippen MR) is 94.6 cm³/mol. The lowest BCUT2D eigenvalue weighted by molar-refractivity contribution is 0.627. The number of allylic oxidation sites excluding steroid dienone is 2. The van der Waals surface area contributed by atoms with Crippen molar-refractivity contribution in [1.82, 2.24) is 13.9 Å². The number of aliphatic imine (C=N–C) groups is 1. The van der Waals surface area contributed by atoms with Gasteiger partial charge in [0, 0.05) is 11.9 Å². The van der Waals surface area contributed by atoms with Crippen LogP contribution in [0.4, 0.5) is 17.3 Å². The van der Waals surface area contributed by atoms with E-state index < -0.39 is 14.8 Å². The Labute approximate surface area is 146 Å². The lowest BCUT2D eigenvalue weighted by Gasteiger charge is -2.13. The molecule has 0 unspecified atom stereocenters.